The van der Waals surface area contributed by atoms with Crippen LogP contribution in [0.2, 0.25) is 0 Å². The van der Waals surface area contributed by atoms with Crippen molar-refractivity contribution in [2.45, 2.75) is 33.4 Å². The highest BCUT2D eigenvalue weighted by atomic mass is 35.5. The lowest BCUT2D eigenvalue weighted by Gasteiger charge is -2.22. The first-order chi connectivity index (χ1) is 13.7. The van der Waals surface area contributed by atoms with Crippen LogP contribution in [0.25, 0.3) is 5.69 Å². The summed E-state index contributed by atoms with van der Waals surface area (Å²) in [6.45, 7) is 11.2. The molecule has 1 aliphatic heterocycles. The van der Waals surface area contributed by atoms with E-state index >= 15 is 0 Å². The molecule has 1 saturated heterocycles. The Morgan fingerprint density at radius 1 is 0.700 bits per heavy atom. The van der Waals surface area contributed by atoms with Gasteiger partial charge in [-0.15, -0.1) is 24.8 Å². The van der Waals surface area contributed by atoms with Gasteiger partial charge in [0.05, 0.1) is 0 Å². The van der Waals surface area contributed by atoms with Gasteiger partial charge in [-0.3, -0.25) is 9.80 Å². The summed E-state index contributed by atoms with van der Waals surface area (Å²) in [6, 6.07) is 23.9. The van der Waals surface area contributed by atoms with Crippen molar-refractivity contribution < 1.29 is 0 Å². The van der Waals surface area contributed by atoms with Gasteiger partial charge in [0.15, 0.2) is 0 Å². The molecular weight excluding hydrogens is 413 g/mol. The first kappa shape index (κ1) is 24.5. The highest BCUT2D eigenvalue weighted by Gasteiger charge is 2.18. The fourth-order valence-electron chi connectivity index (χ4n) is 4.39. The molecule has 0 unspecified atom stereocenters. The molecule has 0 spiro atoms. The molecule has 1 aromatic heterocycles. The van der Waals surface area contributed by atoms with E-state index in [2.05, 4.69) is 94.9 Å². The molecule has 162 valence electrons. The van der Waals surface area contributed by atoms with Crippen LogP contribution in [0.15, 0.2) is 66.7 Å². The standard InChI is InChI=1S/C25H31N3.2ClH/c1-21-18-24(22(2)28(21)25-12-7-4-8-13-25)20-27-15-9-14-26(16-17-27)19-23-10-5-3-6-11-23;;/h3-8,10-13,18H,9,14-17,19-20H2,1-2H3;2*1H. The summed E-state index contributed by atoms with van der Waals surface area (Å²) in [5, 5.41) is 0. The Morgan fingerprint density at radius 3 is 1.90 bits per heavy atom. The molecule has 0 bridgehead atoms. The number of para-hydroxylation sites is 1. The molecule has 0 N–H and O–H groups in total. The van der Waals surface area contributed by atoms with Gasteiger partial charge < -0.3 is 4.57 Å². The third-order valence-corrected chi connectivity index (χ3v) is 5.87. The molecule has 4 rings (SSSR count). The quantitative estimate of drug-likeness (QED) is 0.502. The van der Waals surface area contributed by atoms with Crippen LogP contribution in [0, 0.1) is 13.8 Å². The molecule has 2 aromatic carbocycles. The van der Waals surface area contributed by atoms with E-state index in [4.69, 9.17) is 0 Å². The Labute approximate surface area is 193 Å². The summed E-state index contributed by atoms with van der Waals surface area (Å²) in [4.78, 5) is 5.23. The Morgan fingerprint density at radius 2 is 1.27 bits per heavy atom. The highest BCUT2D eigenvalue weighted by Crippen LogP contribution is 2.22. The lowest BCUT2D eigenvalue weighted by molar-refractivity contribution is 0.247. The van der Waals surface area contributed by atoms with Crippen molar-refractivity contribution in [1.29, 1.82) is 0 Å². The van der Waals surface area contributed by atoms with Crippen LogP contribution >= 0.6 is 24.8 Å². The SMILES string of the molecule is Cc1cc(CN2CCCN(Cc3ccccc3)CC2)c(C)n1-c1ccccc1.Cl.Cl. The number of nitrogens with zero attached hydrogens (tertiary/aromatic N) is 3. The third kappa shape index (κ3) is 5.89. The van der Waals surface area contributed by atoms with Gasteiger partial charge in [0, 0.05) is 43.3 Å². The summed E-state index contributed by atoms with van der Waals surface area (Å²) in [6.07, 6.45) is 1.24. The second-order valence-electron chi connectivity index (χ2n) is 7.96. The highest BCUT2D eigenvalue weighted by molar-refractivity contribution is 5.85. The Kier molecular flexibility index (Phi) is 9.44. The average Bonchev–Trinajstić information content (AvgIpc) is 2.86. The van der Waals surface area contributed by atoms with Gasteiger partial charge in [-0.2, -0.15) is 0 Å². The zero-order valence-electron chi connectivity index (χ0n) is 18.0. The van der Waals surface area contributed by atoms with Crippen LogP contribution in [-0.2, 0) is 13.1 Å². The minimum absolute atomic E-state index is 0. The van der Waals surface area contributed by atoms with E-state index in [1.807, 2.05) is 0 Å². The number of aromatic nitrogens is 1. The maximum Gasteiger partial charge on any atom is 0.0455 e. The molecule has 1 fully saturated rings. The van der Waals surface area contributed by atoms with Crippen molar-refractivity contribution in [3.8, 4) is 5.69 Å². The minimum atomic E-state index is 0. The monoisotopic (exact) mass is 445 g/mol. The van der Waals surface area contributed by atoms with E-state index in [0.29, 0.717) is 0 Å². The summed E-state index contributed by atoms with van der Waals surface area (Å²) in [7, 11) is 0. The molecule has 5 heteroatoms. The lowest BCUT2D eigenvalue weighted by Crippen LogP contribution is -2.30. The van der Waals surface area contributed by atoms with E-state index < -0.39 is 0 Å². The topological polar surface area (TPSA) is 11.4 Å². The molecule has 1 aliphatic rings. The zero-order chi connectivity index (χ0) is 19.3. The molecule has 3 aromatic rings. The van der Waals surface area contributed by atoms with Crippen molar-refractivity contribution in [3.63, 3.8) is 0 Å². The van der Waals surface area contributed by atoms with Crippen LogP contribution in [0.4, 0.5) is 0 Å². The number of hydrogen-bond acceptors (Lipinski definition) is 2. The number of aryl methyl sites for hydroxylation is 1. The van der Waals surface area contributed by atoms with Gasteiger partial charge in [-0.1, -0.05) is 48.5 Å². The van der Waals surface area contributed by atoms with E-state index in [-0.39, 0.29) is 24.8 Å². The predicted octanol–water partition coefficient (Wildman–Crippen LogP) is 5.65. The second-order valence-corrected chi connectivity index (χ2v) is 7.96. The summed E-state index contributed by atoms with van der Waals surface area (Å²) in [5.41, 5.74) is 6.82. The van der Waals surface area contributed by atoms with Gasteiger partial charge >= 0.3 is 0 Å². The molecular formula is C25H33Cl2N3. The van der Waals surface area contributed by atoms with Crippen molar-refractivity contribution in [1.82, 2.24) is 14.4 Å². The largest absolute Gasteiger partial charge is 0.318 e. The van der Waals surface area contributed by atoms with Crippen LogP contribution in [0.5, 0.6) is 0 Å². The van der Waals surface area contributed by atoms with E-state index in [1.54, 1.807) is 0 Å². The molecule has 0 radical (unpaired) electrons. The van der Waals surface area contributed by atoms with Crippen LogP contribution < -0.4 is 0 Å². The number of halogens is 2. The van der Waals surface area contributed by atoms with E-state index in [0.717, 1.165) is 26.2 Å². The fourth-order valence-corrected chi connectivity index (χ4v) is 4.39. The smallest absolute Gasteiger partial charge is 0.0455 e. The minimum Gasteiger partial charge on any atom is -0.318 e. The summed E-state index contributed by atoms with van der Waals surface area (Å²) in [5.74, 6) is 0. The van der Waals surface area contributed by atoms with Crippen LogP contribution in [0.3, 0.4) is 0 Å². The average molecular weight is 446 g/mol. The van der Waals surface area contributed by atoms with Gasteiger partial charge in [0.1, 0.15) is 0 Å². The van der Waals surface area contributed by atoms with E-state index in [9.17, 15) is 0 Å². The Hall–Kier alpha value is -1.78. The zero-order valence-corrected chi connectivity index (χ0v) is 19.6. The molecule has 0 amide bonds. The molecule has 30 heavy (non-hydrogen) atoms. The first-order valence-corrected chi connectivity index (χ1v) is 10.4. The summed E-state index contributed by atoms with van der Waals surface area (Å²) < 4.78 is 2.38. The number of benzene rings is 2. The number of hydrogen-bond donors (Lipinski definition) is 0. The predicted molar refractivity (Wildman–Crippen MR) is 131 cm³/mol. The third-order valence-electron chi connectivity index (χ3n) is 5.87. The first-order valence-electron chi connectivity index (χ1n) is 10.4. The molecule has 0 saturated carbocycles. The second kappa shape index (κ2) is 11.6. The number of rotatable bonds is 5. The van der Waals surface area contributed by atoms with Gasteiger partial charge in [-0.05, 0) is 62.7 Å². The Balaban J connectivity index is 0.00000160. The normalized spacial score (nSPS) is 15.1. The van der Waals surface area contributed by atoms with Crippen LogP contribution in [-0.4, -0.2) is 40.5 Å². The fraction of sp³-hybridized carbons (Fsp3) is 0.360. The van der Waals surface area contributed by atoms with Gasteiger partial charge in [0.2, 0.25) is 0 Å². The van der Waals surface area contributed by atoms with Crippen molar-refractivity contribution in [2.75, 3.05) is 26.2 Å². The van der Waals surface area contributed by atoms with Gasteiger partial charge in [-0.25, -0.2) is 0 Å². The maximum absolute atomic E-state index is 2.63. The van der Waals surface area contributed by atoms with Crippen molar-refractivity contribution >= 4 is 24.8 Å². The Bertz CT molecular complexity index is 894. The van der Waals surface area contributed by atoms with Gasteiger partial charge in [0.25, 0.3) is 0 Å². The van der Waals surface area contributed by atoms with Crippen LogP contribution in [0.1, 0.15) is 28.9 Å². The molecule has 2 heterocycles. The van der Waals surface area contributed by atoms with Crippen molar-refractivity contribution in [2.24, 2.45) is 0 Å². The maximum atomic E-state index is 2.63. The van der Waals surface area contributed by atoms with Crippen molar-refractivity contribution in [3.05, 3.63) is 89.2 Å². The molecule has 0 atom stereocenters. The summed E-state index contributed by atoms with van der Waals surface area (Å²) >= 11 is 0. The lowest BCUT2D eigenvalue weighted by atomic mass is 10.2. The van der Waals surface area contributed by atoms with E-state index in [1.165, 1.54) is 47.7 Å². The molecule has 0 aliphatic carbocycles. The molecule has 3 nitrogen and oxygen atoms in total.